The molecule has 0 aromatic carbocycles. The highest BCUT2D eigenvalue weighted by Gasteiger charge is 2.17. The van der Waals surface area contributed by atoms with Gasteiger partial charge in [-0.05, 0) is 20.8 Å². The summed E-state index contributed by atoms with van der Waals surface area (Å²) in [6.45, 7) is 7.37. The maximum absolute atomic E-state index is 4.30. The molecule has 52 valence electrons. The molecule has 1 unspecified atom stereocenters. The van der Waals surface area contributed by atoms with E-state index in [0.29, 0.717) is 5.37 Å². The lowest BCUT2D eigenvalue weighted by molar-refractivity contribution is 0.305. The maximum atomic E-state index is 4.30. The van der Waals surface area contributed by atoms with Crippen LogP contribution in [0, 0.1) is 0 Å². The standard InChI is InChI=1S/C6H12N2S/c1-4-8-6(3)9-5(2)7-8/h6H,4H2,1-3H3. The Hall–Kier alpha value is -0.180. The van der Waals surface area contributed by atoms with Crippen molar-refractivity contribution in [3.8, 4) is 0 Å². The minimum absolute atomic E-state index is 0.551. The molecule has 0 bridgehead atoms. The number of thioether (sulfide) groups is 1. The normalized spacial score (nSPS) is 26.8. The van der Waals surface area contributed by atoms with Crippen molar-refractivity contribution in [2.24, 2.45) is 5.10 Å². The van der Waals surface area contributed by atoms with Crippen molar-refractivity contribution in [1.82, 2.24) is 5.01 Å². The number of nitrogens with zero attached hydrogens (tertiary/aromatic N) is 2. The number of hydrogen-bond donors (Lipinski definition) is 0. The molecule has 0 N–H and O–H groups in total. The Balaban J connectivity index is 2.53. The lowest BCUT2D eigenvalue weighted by Gasteiger charge is -2.15. The predicted octanol–water partition coefficient (Wildman–Crippen LogP) is 1.73. The highest BCUT2D eigenvalue weighted by molar-refractivity contribution is 8.14. The third-order valence-electron chi connectivity index (χ3n) is 1.35. The van der Waals surface area contributed by atoms with E-state index in [1.54, 1.807) is 0 Å². The predicted molar refractivity (Wildman–Crippen MR) is 42.5 cm³/mol. The van der Waals surface area contributed by atoms with Gasteiger partial charge in [-0.25, -0.2) is 0 Å². The molecule has 0 fully saturated rings. The molecule has 1 aliphatic rings. The molecule has 3 heteroatoms. The van der Waals surface area contributed by atoms with Crippen molar-refractivity contribution in [2.45, 2.75) is 26.1 Å². The molecule has 1 heterocycles. The molecule has 9 heavy (non-hydrogen) atoms. The Kier molecular flexibility index (Phi) is 2.01. The van der Waals surface area contributed by atoms with Crippen LogP contribution in [-0.2, 0) is 0 Å². The summed E-state index contributed by atoms with van der Waals surface area (Å²) in [4.78, 5) is 0. The van der Waals surface area contributed by atoms with Gasteiger partial charge in [-0.3, -0.25) is 5.01 Å². The van der Waals surface area contributed by atoms with Crippen LogP contribution in [0.2, 0.25) is 0 Å². The first-order valence-corrected chi connectivity index (χ1v) is 4.10. The summed E-state index contributed by atoms with van der Waals surface area (Å²) < 4.78 is 0. The molecule has 0 saturated carbocycles. The smallest absolute Gasteiger partial charge is 0.0952 e. The van der Waals surface area contributed by atoms with Crippen molar-refractivity contribution in [3.05, 3.63) is 0 Å². The molecule has 1 rings (SSSR count). The van der Waals surface area contributed by atoms with Gasteiger partial charge in [-0.15, -0.1) is 0 Å². The van der Waals surface area contributed by atoms with Gasteiger partial charge < -0.3 is 0 Å². The Morgan fingerprint density at radius 3 is 2.67 bits per heavy atom. The second-order valence-corrected chi connectivity index (χ2v) is 3.60. The van der Waals surface area contributed by atoms with Crippen LogP contribution < -0.4 is 0 Å². The lowest BCUT2D eigenvalue weighted by Crippen LogP contribution is -2.20. The van der Waals surface area contributed by atoms with Crippen LogP contribution in [0.4, 0.5) is 0 Å². The van der Waals surface area contributed by atoms with Gasteiger partial charge in [0.2, 0.25) is 0 Å². The van der Waals surface area contributed by atoms with Gasteiger partial charge in [0, 0.05) is 6.54 Å². The molecule has 0 saturated heterocycles. The van der Waals surface area contributed by atoms with Crippen molar-refractivity contribution in [2.75, 3.05) is 6.54 Å². The van der Waals surface area contributed by atoms with Gasteiger partial charge >= 0.3 is 0 Å². The highest BCUT2D eigenvalue weighted by atomic mass is 32.2. The Bertz CT molecular complexity index is 133. The van der Waals surface area contributed by atoms with Crippen molar-refractivity contribution < 1.29 is 0 Å². The van der Waals surface area contributed by atoms with E-state index >= 15 is 0 Å². The average Bonchev–Trinajstić information content (AvgIpc) is 2.10. The number of hydrazone groups is 1. The molecule has 0 spiro atoms. The van der Waals surface area contributed by atoms with Crippen LogP contribution >= 0.6 is 11.8 Å². The summed E-state index contributed by atoms with van der Waals surface area (Å²) in [5.74, 6) is 0. The van der Waals surface area contributed by atoms with Crippen LogP contribution in [0.1, 0.15) is 20.8 Å². The van der Waals surface area contributed by atoms with E-state index in [2.05, 4.69) is 30.9 Å². The van der Waals surface area contributed by atoms with Gasteiger partial charge in [0.15, 0.2) is 0 Å². The molecular formula is C6H12N2S. The van der Waals surface area contributed by atoms with Crippen LogP contribution in [0.15, 0.2) is 5.10 Å². The molecule has 0 aliphatic carbocycles. The summed E-state index contributed by atoms with van der Waals surface area (Å²) in [6.07, 6.45) is 0. The van der Waals surface area contributed by atoms with Gasteiger partial charge in [0.05, 0.1) is 10.4 Å². The van der Waals surface area contributed by atoms with Gasteiger partial charge in [0.1, 0.15) is 0 Å². The quantitative estimate of drug-likeness (QED) is 0.557. The monoisotopic (exact) mass is 144 g/mol. The van der Waals surface area contributed by atoms with Crippen molar-refractivity contribution in [1.29, 1.82) is 0 Å². The molecule has 1 atom stereocenters. The first-order chi connectivity index (χ1) is 4.24. The van der Waals surface area contributed by atoms with Gasteiger partial charge in [-0.1, -0.05) is 11.8 Å². The topological polar surface area (TPSA) is 15.6 Å². The zero-order valence-electron chi connectivity index (χ0n) is 6.09. The fraction of sp³-hybridized carbons (Fsp3) is 0.833. The molecule has 2 nitrogen and oxygen atoms in total. The minimum Gasteiger partial charge on any atom is -0.283 e. The van der Waals surface area contributed by atoms with E-state index in [0.717, 1.165) is 6.54 Å². The average molecular weight is 144 g/mol. The molecule has 0 radical (unpaired) electrons. The third-order valence-corrected chi connectivity index (χ3v) is 2.36. The van der Waals surface area contributed by atoms with E-state index in [9.17, 15) is 0 Å². The molecule has 0 amide bonds. The second-order valence-electron chi connectivity index (χ2n) is 2.09. The van der Waals surface area contributed by atoms with E-state index in [4.69, 9.17) is 0 Å². The third kappa shape index (κ3) is 1.39. The summed E-state index contributed by atoms with van der Waals surface area (Å²) in [5.41, 5.74) is 0. The van der Waals surface area contributed by atoms with Gasteiger partial charge in [-0.2, -0.15) is 5.10 Å². The molecular weight excluding hydrogens is 132 g/mol. The summed E-state index contributed by atoms with van der Waals surface area (Å²) in [6, 6.07) is 0. The Morgan fingerprint density at radius 2 is 2.44 bits per heavy atom. The SMILES string of the molecule is CCN1N=C(C)SC1C. The Labute approximate surface area is 60.3 Å². The minimum atomic E-state index is 0.551. The first-order valence-electron chi connectivity index (χ1n) is 3.22. The van der Waals surface area contributed by atoms with E-state index in [1.165, 1.54) is 5.04 Å². The van der Waals surface area contributed by atoms with Crippen molar-refractivity contribution in [3.63, 3.8) is 0 Å². The zero-order valence-corrected chi connectivity index (χ0v) is 6.90. The second kappa shape index (κ2) is 2.60. The van der Waals surface area contributed by atoms with Gasteiger partial charge in [0.25, 0.3) is 0 Å². The molecule has 0 aromatic heterocycles. The zero-order chi connectivity index (χ0) is 6.85. The molecule has 1 aliphatic heterocycles. The van der Waals surface area contributed by atoms with Crippen LogP contribution in [-0.4, -0.2) is 22.0 Å². The fourth-order valence-electron chi connectivity index (χ4n) is 0.921. The van der Waals surface area contributed by atoms with Crippen LogP contribution in [0.3, 0.4) is 0 Å². The molecule has 0 aromatic rings. The summed E-state index contributed by atoms with van der Waals surface area (Å²) >= 11 is 1.83. The summed E-state index contributed by atoms with van der Waals surface area (Å²) in [5, 5.41) is 8.13. The first kappa shape index (κ1) is 6.93. The van der Waals surface area contributed by atoms with E-state index < -0.39 is 0 Å². The Morgan fingerprint density at radius 1 is 1.78 bits per heavy atom. The van der Waals surface area contributed by atoms with Crippen LogP contribution in [0.25, 0.3) is 0 Å². The van der Waals surface area contributed by atoms with Crippen LogP contribution in [0.5, 0.6) is 0 Å². The van der Waals surface area contributed by atoms with Crippen molar-refractivity contribution >= 4 is 16.8 Å². The highest BCUT2D eigenvalue weighted by Crippen LogP contribution is 2.23. The number of rotatable bonds is 1. The number of hydrogen-bond acceptors (Lipinski definition) is 3. The maximum Gasteiger partial charge on any atom is 0.0952 e. The van der Waals surface area contributed by atoms with E-state index in [1.807, 2.05) is 11.8 Å². The van der Waals surface area contributed by atoms with E-state index in [-0.39, 0.29) is 0 Å². The fourth-order valence-corrected chi connectivity index (χ4v) is 1.88. The largest absolute Gasteiger partial charge is 0.283 e. The lowest BCUT2D eigenvalue weighted by atomic mass is 10.6. The summed E-state index contributed by atoms with van der Waals surface area (Å²) in [7, 11) is 0.